The average Bonchev–Trinajstić information content (AvgIpc) is 3.45. The number of nitrogens with zero attached hydrogens (tertiary/aromatic N) is 1. The third kappa shape index (κ3) is 5.12. The van der Waals surface area contributed by atoms with Crippen molar-refractivity contribution in [1.29, 1.82) is 0 Å². The number of rotatable bonds is 8. The molecule has 0 aromatic heterocycles. The molecule has 10 heteroatoms. The number of carboxylic acids is 1. The number of ether oxygens (including phenoxy) is 2. The summed E-state index contributed by atoms with van der Waals surface area (Å²) in [5.74, 6) is -3.03. The van der Waals surface area contributed by atoms with Crippen molar-refractivity contribution in [2.45, 2.75) is 30.8 Å². The minimum Gasteiger partial charge on any atom is -0.481 e. The van der Waals surface area contributed by atoms with Crippen molar-refractivity contribution in [2.75, 3.05) is 26.9 Å². The number of benzene rings is 2. The smallest absolute Gasteiger partial charge is 0.407 e. The molecule has 0 bridgehead atoms. The lowest BCUT2D eigenvalue weighted by Gasteiger charge is -2.28. The zero-order chi connectivity index (χ0) is 25.1. The van der Waals surface area contributed by atoms with Gasteiger partial charge in [0.2, 0.25) is 5.91 Å². The van der Waals surface area contributed by atoms with Crippen LogP contribution >= 0.6 is 0 Å². The van der Waals surface area contributed by atoms with Gasteiger partial charge in [0.25, 0.3) is 6.43 Å². The largest absolute Gasteiger partial charge is 0.481 e. The summed E-state index contributed by atoms with van der Waals surface area (Å²) in [7, 11) is 1.34. The van der Waals surface area contributed by atoms with Crippen LogP contribution in [0, 0.1) is 5.92 Å². The van der Waals surface area contributed by atoms with E-state index in [1.807, 2.05) is 48.5 Å². The highest BCUT2D eigenvalue weighted by atomic mass is 19.3. The number of hydrogen-bond acceptors (Lipinski definition) is 5. The summed E-state index contributed by atoms with van der Waals surface area (Å²) in [4.78, 5) is 37.4. The van der Waals surface area contributed by atoms with E-state index in [9.17, 15) is 28.3 Å². The highest BCUT2D eigenvalue weighted by Crippen LogP contribution is 2.44. The van der Waals surface area contributed by atoms with E-state index in [2.05, 4.69) is 5.32 Å². The Balaban J connectivity index is 1.37. The molecule has 8 nitrogen and oxygen atoms in total. The summed E-state index contributed by atoms with van der Waals surface area (Å²) in [5, 5.41) is 11.4. The highest BCUT2D eigenvalue weighted by molar-refractivity contribution is 5.80. The molecule has 3 unspecified atom stereocenters. The number of amides is 2. The second kappa shape index (κ2) is 10.4. The lowest BCUT2D eigenvalue weighted by molar-refractivity contribution is -0.144. The van der Waals surface area contributed by atoms with Crippen molar-refractivity contribution in [3.8, 4) is 11.1 Å². The van der Waals surface area contributed by atoms with E-state index < -0.39 is 48.8 Å². The Morgan fingerprint density at radius 2 is 1.69 bits per heavy atom. The SMILES string of the molecule is CN(C(=O)CC(NC(=O)OCC1c2ccccc2-c2ccccc21)C(F)F)C1COCC1C(=O)O. The van der Waals surface area contributed by atoms with Gasteiger partial charge in [-0.3, -0.25) is 9.59 Å². The van der Waals surface area contributed by atoms with Crippen molar-refractivity contribution in [3.05, 3.63) is 59.7 Å². The summed E-state index contributed by atoms with van der Waals surface area (Å²) in [5.41, 5.74) is 4.03. The third-order valence-electron chi connectivity index (χ3n) is 6.60. The maximum absolute atomic E-state index is 13.6. The first-order valence-corrected chi connectivity index (χ1v) is 11.2. The van der Waals surface area contributed by atoms with Gasteiger partial charge in [-0.05, 0) is 22.3 Å². The summed E-state index contributed by atoms with van der Waals surface area (Å²) in [6.07, 6.45) is -4.79. The quantitative estimate of drug-likeness (QED) is 0.592. The van der Waals surface area contributed by atoms with E-state index in [1.165, 1.54) is 7.05 Å². The van der Waals surface area contributed by atoms with E-state index in [0.717, 1.165) is 27.2 Å². The molecule has 186 valence electrons. The minimum absolute atomic E-state index is 0.00163. The fourth-order valence-electron chi connectivity index (χ4n) is 4.67. The number of carbonyl (C=O) groups is 3. The molecule has 1 heterocycles. The van der Waals surface area contributed by atoms with Gasteiger partial charge in [-0.15, -0.1) is 0 Å². The van der Waals surface area contributed by atoms with Crippen LogP contribution in [0.4, 0.5) is 13.6 Å². The van der Waals surface area contributed by atoms with Gasteiger partial charge >= 0.3 is 12.1 Å². The molecular formula is C25H26F2N2O6. The minimum atomic E-state index is -3.03. The molecule has 2 aliphatic rings. The Morgan fingerprint density at radius 3 is 2.26 bits per heavy atom. The van der Waals surface area contributed by atoms with Crippen LogP contribution in [0.25, 0.3) is 11.1 Å². The van der Waals surface area contributed by atoms with Gasteiger partial charge in [-0.25, -0.2) is 13.6 Å². The fraction of sp³-hybridized carbons (Fsp3) is 0.400. The van der Waals surface area contributed by atoms with Crippen LogP contribution in [-0.4, -0.2) is 73.4 Å². The van der Waals surface area contributed by atoms with Crippen LogP contribution in [0.3, 0.4) is 0 Å². The summed E-state index contributed by atoms with van der Waals surface area (Å²) in [6, 6.07) is 12.9. The molecule has 1 aliphatic heterocycles. The first-order chi connectivity index (χ1) is 16.8. The second-order valence-electron chi connectivity index (χ2n) is 8.67. The summed E-state index contributed by atoms with van der Waals surface area (Å²) >= 11 is 0. The van der Waals surface area contributed by atoms with E-state index in [0.29, 0.717) is 0 Å². The molecule has 0 radical (unpaired) electrons. The number of alkyl carbamates (subject to hydrolysis) is 1. The molecule has 1 aliphatic carbocycles. The monoisotopic (exact) mass is 488 g/mol. The first kappa shape index (κ1) is 24.6. The number of aliphatic carboxylic acids is 1. The van der Waals surface area contributed by atoms with Crippen LogP contribution in [0.5, 0.6) is 0 Å². The Kier molecular flexibility index (Phi) is 7.30. The van der Waals surface area contributed by atoms with E-state index in [4.69, 9.17) is 9.47 Å². The Hall–Kier alpha value is -3.53. The Morgan fingerprint density at radius 1 is 1.09 bits per heavy atom. The Bertz CT molecular complexity index is 1070. The maximum Gasteiger partial charge on any atom is 0.407 e. The number of alkyl halides is 2. The normalized spacial score (nSPS) is 19.7. The summed E-state index contributed by atoms with van der Waals surface area (Å²) in [6.45, 7) is -0.115. The number of halogens is 2. The molecule has 1 fully saturated rings. The van der Waals surface area contributed by atoms with Crippen molar-refractivity contribution in [1.82, 2.24) is 10.2 Å². The number of carbonyl (C=O) groups excluding carboxylic acids is 2. The van der Waals surface area contributed by atoms with E-state index in [-0.39, 0.29) is 25.7 Å². The van der Waals surface area contributed by atoms with Crippen molar-refractivity contribution >= 4 is 18.0 Å². The lowest BCUT2D eigenvalue weighted by Crippen LogP contribution is -2.48. The van der Waals surface area contributed by atoms with Gasteiger partial charge in [0, 0.05) is 13.0 Å². The molecule has 4 rings (SSSR count). The highest BCUT2D eigenvalue weighted by Gasteiger charge is 2.39. The number of nitrogens with one attached hydrogen (secondary N) is 1. The number of carboxylic acid groups (broad SMARTS) is 1. The molecule has 2 aromatic carbocycles. The van der Waals surface area contributed by atoms with Crippen molar-refractivity contribution < 1.29 is 37.7 Å². The summed E-state index contributed by atoms with van der Waals surface area (Å²) < 4.78 is 37.7. The van der Waals surface area contributed by atoms with Gasteiger partial charge in [-0.2, -0.15) is 0 Å². The van der Waals surface area contributed by atoms with Gasteiger partial charge in [0.05, 0.1) is 25.7 Å². The van der Waals surface area contributed by atoms with Gasteiger partial charge in [-0.1, -0.05) is 48.5 Å². The average molecular weight is 488 g/mol. The first-order valence-electron chi connectivity index (χ1n) is 11.2. The van der Waals surface area contributed by atoms with Crippen LogP contribution in [-0.2, 0) is 19.1 Å². The lowest BCUT2D eigenvalue weighted by atomic mass is 9.98. The molecule has 1 saturated heterocycles. The zero-order valence-electron chi connectivity index (χ0n) is 19.0. The van der Waals surface area contributed by atoms with Gasteiger partial charge in [0.1, 0.15) is 18.6 Å². The molecule has 0 saturated carbocycles. The maximum atomic E-state index is 13.6. The molecule has 2 aromatic rings. The molecule has 35 heavy (non-hydrogen) atoms. The van der Waals surface area contributed by atoms with E-state index >= 15 is 0 Å². The van der Waals surface area contributed by atoms with Crippen LogP contribution in [0.1, 0.15) is 23.5 Å². The third-order valence-corrected chi connectivity index (χ3v) is 6.60. The molecule has 2 amide bonds. The molecular weight excluding hydrogens is 462 g/mol. The standard InChI is InChI=1S/C25H26F2N2O6/c1-29(21-13-34-11-19(21)24(31)32)22(30)10-20(23(26)27)28-25(33)35-12-18-16-8-4-2-6-14(16)15-7-3-5-9-17(15)18/h2-9,18-21,23H,10-13H2,1H3,(H,28,33)(H,31,32). The predicted molar refractivity (Wildman–Crippen MR) is 121 cm³/mol. The van der Waals surface area contributed by atoms with Crippen LogP contribution < -0.4 is 5.32 Å². The van der Waals surface area contributed by atoms with Crippen molar-refractivity contribution in [2.24, 2.45) is 5.92 Å². The van der Waals surface area contributed by atoms with Gasteiger partial charge < -0.3 is 24.8 Å². The number of fused-ring (bicyclic) bond motifs is 3. The topological polar surface area (TPSA) is 105 Å². The fourth-order valence-corrected chi connectivity index (χ4v) is 4.67. The van der Waals surface area contributed by atoms with E-state index in [1.54, 1.807) is 0 Å². The number of likely N-dealkylation sites (N-methyl/N-ethyl adjacent to an activating group) is 1. The zero-order valence-corrected chi connectivity index (χ0v) is 19.0. The van der Waals surface area contributed by atoms with Crippen molar-refractivity contribution in [3.63, 3.8) is 0 Å². The number of hydrogen-bond donors (Lipinski definition) is 2. The predicted octanol–water partition coefficient (Wildman–Crippen LogP) is 3.11. The molecule has 2 N–H and O–H groups in total. The van der Waals surface area contributed by atoms with Gasteiger partial charge in [0.15, 0.2) is 0 Å². The molecule has 0 spiro atoms. The molecule has 3 atom stereocenters. The van der Waals surface area contributed by atoms with Crippen LogP contribution in [0.2, 0.25) is 0 Å². The second-order valence-corrected chi connectivity index (χ2v) is 8.67. The Labute approximate surface area is 200 Å². The van der Waals surface area contributed by atoms with Crippen LogP contribution in [0.15, 0.2) is 48.5 Å².